The van der Waals surface area contributed by atoms with Gasteiger partial charge in [-0.1, -0.05) is 49.4 Å². The van der Waals surface area contributed by atoms with Crippen molar-refractivity contribution >= 4 is 17.5 Å². The second-order valence-corrected chi connectivity index (χ2v) is 6.16. The van der Waals surface area contributed by atoms with Crippen molar-refractivity contribution in [3.63, 3.8) is 0 Å². The molecule has 2 N–H and O–H groups in total. The average Bonchev–Trinajstić information content (AvgIpc) is 2.62. The van der Waals surface area contributed by atoms with Crippen LogP contribution in [0.3, 0.4) is 0 Å². The summed E-state index contributed by atoms with van der Waals surface area (Å²) in [6.45, 7) is 2.04. The number of ether oxygens (including phenoxy) is 1. The molecule has 0 aromatic heterocycles. The van der Waals surface area contributed by atoms with Crippen LogP contribution < -0.4 is 15.4 Å². The maximum atomic E-state index is 12.4. The van der Waals surface area contributed by atoms with Gasteiger partial charge in [0.1, 0.15) is 5.75 Å². The van der Waals surface area contributed by atoms with Crippen molar-refractivity contribution in [1.29, 1.82) is 0 Å². The summed E-state index contributed by atoms with van der Waals surface area (Å²) in [5.74, 6) is 0.128. The zero-order chi connectivity index (χ0) is 17.6. The molecule has 2 atom stereocenters. The monoisotopic (exact) mass is 338 g/mol. The van der Waals surface area contributed by atoms with E-state index < -0.39 is 6.10 Å². The van der Waals surface area contributed by atoms with Crippen molar-refractivity contribution in [3.8, 4) is 5.75 Å². The van der Waals surface area contributed by atoms with Crippen molar-refractivity contribution in [3.05, 3.63) is 60.2 Å². The predicted molar refractivity (Wildman–Crippen MR) is 96.5 cm³/mol. The Hall–Kier alpha value is -2.82. The SMILES string of the molecule is CC[C@H](Cc1ccccc1)NC(=O)C[C@@H]1Oc2ccccc2NC1=O. The van der Waals surface area contributed by atoms with Crippen molar-refractivity contribution < 1.29 is 14.3 Å². The number of carbonyl (C=O) groups is 2. The van der Waals surface area contributed by atoms with Crippen LogP contribution in [0.5, 0.6) is 5.75 Å². The van der Waals surface area contributed by atoms with Crippen molar-refractivity contribution in [2.24, 2.45) is 0 Å². The first-order valence-corrected chi connectivity index (χ1v) is 8.55. The van der Waals surface area contributed by atoms with E-state index in [1.165, 1.54) is 5.56 Å². The van der Waals surface area contributed by atoms with Gasteiger partial charge in [0.25, 0.3) is 5.91 Å². The molecule has 0 saturated carbocycles. The molecule has 0 aliphatic carbocycles. The van der Waals surface area contributed by atoms with Gasteiger partial charge in [-0.25, -0.2) is 0 Å². The Kier molecular flexibility index (Phi) is 5.33. The number of carbonyl (C=O) groups excluding carboxylic acids is 2. The van der Waals surface area contributed by atoms with Crippen molar-refractivity contribution in [1.82, 2.24) is 5.32 Å². The number of para-hydroxylation sites is 2. The van der Waals surface area contributed by atoms with Crippen LogP contribution in [0.4, 0.5) is 5.69 Å². The van der Waals surface area contributed by atoms with Gasteiger partial charge in [-0.2, -0.15) is 0 Å². The van der Waals surface area contributed by atoms with Crippen LogP contribution in [0, 0.1) is 0 Å². The minimum Gasteiger partial charge on any atom is -0.478 e. The lowest BCUT2D eigenvalue weighted by Crippen LogP contribution is -2.43. The molecule has 0 fully saturated rings. The molecule has 0 spiro atoms. The minimum atomic E-state index is -0.802. The van der Waals surface area contributed by atoms with Gasteiger partial charge < -0.3 is 15.4 Å². The first kappa shape index (κ1) is 17.0. The molecule has 2 amide bonds. The Morgan fingerprint density at radius 1 is 1.16 bits per heavy atom. The van der Waals surface area contributed by atoms with Crippen LogP contribution in [-0.4, -0.2) is 24.0 Å². The fourth-order valence-electron chi connectivity index (χ4n) is 2.88. The highest BCUT2D eigenvalue weighted by molar-refractivity contribution is 5.99. The molecule has 1 heterocycles. The molecule has 5 heteroatoms. The molecular weight excluding hydrogens is 316 g/mol. The van der Waals surface area contributed by atoms with Gasteiger partial charge in [-0.15, -0.1) is 0 Å². The number of anilines is 1. The zero-order valence-electron chi connectivity index (χ0n) is 14.2. The Labute approximate surface area is 147 Å². The Balaban J connectivity index is 1.57. The summed E-state index contributed by atoms with van der Waals surface area (Å²) in [5.41, 5.74) is 1.81. The molecule has 0 saturated heterocycles. The van der Waals surface area contributed by atoms with Crippen LogP contribution in [0.15, 0.2) is 54.6 Å². The summed E-state index contributed by atoms with van der Waals surface area (Å²) in [7, 11) is 0. The second kappa shape index (κ2) is 7.83. The fourth-order valence-corrected chi connectivity index (χ4v) is 2.88. The molecule has 2 aromatic carbocycles. The lowest BCUT2D eigenvalue weighted by atomic mass is 10.0. The van der Waals surface area contributed by atoms with Gasteiger partial charge in [-0.3, -0.25) is 9.59 Å². The molecule has 5 nitrogen and oxygen atoms in total. The van der Waals surface area contributed by atoms with Crippen LogP contribution in [0.2, 0.25) is 0 Å². The normalized spacial score (nSPS) is 17.0. The summed E-state index contributed by atoms with van der Waals surface area (Å²) in [5, 5.41) is 5.79. The summed E-state index contributed by atoms with van der Waals surface area (Å²) in [4.78, 5) is 24.5. The van der Waals surface area contributed by atoms with E-state index in [-0.39, 0.29) is 24.3 Å². The van der Waals surface area contributed by atoms with Crippen LogP contribution in [0.25, 0.3) is 0 Å². The number of nitrogens with one attached hydrogen (secondary N) is 2. The van der Waals surface area contributed by atoms with Crippen molar-refractivity contribution in [2.75, 3.05) is 5.32 Å². The van der Waals surface area contributed by atoms with E-state index in [0.717, 1.165) is 12.8 Å². The predicted octanol–water partition coefficient (Wildman–Crippen LogP) is 2.91. The Morgan fingerprint density at radius 3 is 2.64 bits per heavy atom. The number of hydrogen-bond donors (Lipinski definition) is 2. The second-order valence-electron chi connectivity index (χ2n) is 6.16. The average molecular weight is 338 g/mol. The third kappa shape index (κ3) is 4.38. The number of hydrogen-bond acceptors (Lipinski definition) is 3. The molecule has 0 bridgehead atoms. The van der Waals surface area contributed by atoms with E-state index in [0.29, 0.717) is 11.4 Å². The van der Waals surface area contributed by atoms with Crippen molar-refractivity contribution in [2.45, 2.75) is 38.3 Å². The number of benzene rings is 2. The number of rotatable bonds is 6. The molecule has 2 aromatic rings. The molecule has 3 rings (SSSR count). The lowest BCUT2D eigenvalue weighted by molar-refractivity contribution is -0.130. The largest absolute Gasteiger partial charge is 0.478 e. The van der Waals surface area contributed by atoms with Gasteiger partial charge in [0, 0.05) is 6.04 Å². The van der Waals surface area contributed by atoms with Gasteiger partial charge in [0.15, 0.2) is 6.10 Å². The molecule has 130 valence electrons. The summed E-state index contributed by atoms with van der Waals surface area (Å²) >= 11 is 0. The number of fused-ring (bicyclic) bond motifs is 1. The zero-order valence-corrected chi connectivity index (χ0v) is 14.2. The van der Waals surface area contributed by atoms with Crippen LogP contribution in [0.1, 0.15) is 25.3 Å². The first-order valence-electron chi connectivity index (χ1n) is 8.55. The van der Waals surface area contributed by atoms with E-state index >= 15 is 0 Å². The number of amides is 2. The molecule has 25 heavy (non-hydrogen) atoms. The van der Waals surface area contributed by atoms with E-state index in [2.05, 4.69) is 10.6 Å². The van der Waals surface area contributed by atoms with E-state index in [4.69, 9.17) is 4.74 Å². The highest BCUT2D eigenvalue weighted by Gasteiger charge is 2.29. The first-order chi connectivity index (χ1) is 12.2. The minimum absolute atomic E-state index is 0.00541. The van der Waals surface area contributed by atoms with Crippen LogP contribution in [-0.2, 0) is 16.0 Å². The van der Waals surface area contributed by atoms with Crippen LogP contribution >= 0.6 is 0 Å². The van der Waals surface area contributed by atoms with E-state index in [1.807, 2.05) is 49.4 Å². The maximum Gasteiger partial charge on any atom is 0.266 e. The Bertz CT molecular complexity index is 746. The molecular formula is C20H22N2O3. The fraction of sp³-hybridized carbons (Fsp3) is 0.300. The summed E-state index contributed by atoms with van der Waals surface area (Å²) in [6, 6.07) is 17.3. The quantitative estimate of drug-likeness (QED) is 0.851. The molecule has 1 aliphatic rings. The molecule has 1 aliphatic heterocycles. The topological polar surface area (TPSA) is 67.4 Å². The molecule has 0 unspecified atom stereocenters. The summed E-state index contributed by atoms with van der Waals surface area (Å²) in [6.07, 6.45) is 0.792. The molecule has 0 radical (unpaired) electrons. The highest BCUT2D eigenvalue weighted by Crippen LogP contribution is 2.29. The smallest absolute Gasteiger partial charge is 0.266 e. The van der Waals surface area contributed by atoms with Gasteiger partial charge in [0.05, 0.1) is 12.1 Å². The van der Waals surface area contributed by atoms with Gasteiger partial charge >= 0.3 is 0 Å². The van der Waals surface area contributed by atoms with E-state index in [9.17, 15) is 9.59 Å². The van der Waals surface area contributed by atoms with Gasteiger partial charge in [-0.05, 0) is 30.5 Å². The lowest BCUT2D eigenvalue weighted by Gasteiger charge is -2.26. The van der Waals surface area contributed by atoms with Gasteiger partial charge in [0.2, 0.25) is 5.91 Å². The summed E-state index contributed by atoms with van der Waals surface area (Å²) < 4.78 is 5.68. The third-order valence-corrected chi connectivity index (χ3v) is 4.26. The third-order valence-electron chi connectivity index (χ3n) is 4.26. The van der Waals surface area contributed by atoms with E-state index in [1.54, 1.807) is 12.1 Å². The maximum absolute atomic E-state index is 12.4. The highest BCUT2D eigenvalue weighted by atomic mass is 16.5. The standard InChI is InChI=1S/C20H22N2O3/c1-2-15(12-14-8-4-3-5-9-14)21-19(23)13-18-20(24)22-16-10-6-7-11-17(16)25-18/h3-11,15,18H,2,12-13H2,1H3,(H,21,23)(H,22,24)/t15-,18+/m1/s1. The Morgan fingerprint density at radius 2 is 1.88 bits per heavy atom.